The molecule has 1 amide bonds. The first kappa shape index (κ1) is 17.8. The number of phenolic OH excluding ortho intramolecular Hbond substituents is 1. The Morgan fingerprint density at radius 1 is 0.929 bits per heavy atom. The molecule has 1 aromatic carbocycles. The van der Waals surface area contributed by atoms with Gasteiger partial charge in [0.1, 0.15) is 5.75 Å². The lowest BCUT2D eigenvalue weighted by atomic mass is 9.49. The lowest BCUT2D eigenvalue weighted by Gasteiger charge is -2.57. The summed E-state index contributed by atoms with van der Waals surface area (Å²) in [5, 5.41) is 19.4. The van der Waals surface area contributed by atoms with Gasteiger partial charge in [0, 0.05) is 26.2 Å². The van der Waals surface area contributed by atoms with Crippen LogP contribution in [0.2, 0.25) is 0 Å². The molecular weight excluding hydrogens is 356 g/mol. The van der Waals surface area contributed by atoms with Crippen molar-refractivity contribution >= 4 is 17.6 Å². The Balaban J connectivity index is 1.28. The molecule has 150 valence electrons. The van der Waals surface area contributed by atoms with Gasteiger partial charge in [-0.15, -0.1) is 0 Å². The number of anilines is 1. The second kappa shape index (κ2) is 6.39. The zero-order valence-electron chi connectivity index (χ0n) is 16.1. The van der Waals surface area contributed by atoms with E-state index in [1.165, 1.54) is 37.5 Å². The minimum absolute atomic E-state index is 0.0888. The molecule has 4 bridgehead atoms. The van der Waals surface area contributed by atoms with Crippen LogP contribution in [0.15, 0.2) is 18.2 Å². The van der Waals surface area contributed by atoms with Gasteiger partial charge in [0.15, 0.2) is 0 Å². The zero-order chi connectivity index (χ0) is 19.5. The van der Waals surface area contributed by atoms with Gasteiger partial charge in [0.25, 0.3) is 0 Å². The van der Waals surface area contributed by atoms with Crippen molar-refractivity contribution in [1.29, 1.82) is 0 Å². The predicted octanol–water partition coefficient (Wildman–Crippen LogP) is 2.96. The van der Waals surface area contributed by atoms with Crippen LogP contribution < -0.4 is 4.90 Å². The summed E-state index contributed by atoms with van der Waals surface area (Å²) < 4.78 is 0. The fraction of sp³-hybridized carbons (Fsp3) is 0.636. The molecule has 4 aliphatic carbocycles. The van der Waals surface area contributed by atoms with E-state index in [4.69, 9.17) is 0 Å². The van der Waals surface area contributed by atoms with Crippen LogP contribution >= 0.6 is 0 Å². The van der Waals surface area contributed by atoms with Gasteiger partial charge in [-0.3, -0.25) is 4.79 Å². The van der Waals surface area contributed by atoms with Crippen LogP contribution in [-0.2, 0) is 4.79 Å². The molecule has 6 rings (SSSR count). The minimum atomic E-state index is -1.00. The number of rotatable bonds is 3. The Bertz CT molecular complexity index is 777. The summed E-state index contributed by atoms with van der Waals surface area (Å²) in [6.07, 6.45) is 7.25. The molecular formula is C22H28N2O4. The summed E-state index contributed by atoms with van der Waals surface area (Å²) in [5.41, 5.74) is 0.601. The molecule has 6 nitrogen and oxygen atoms in total. The maximum Gasteiger partial charge on any atom is 0.335 e. The number of phenols is 1. The number of carboxylic acid groups (broad SMARTS) is 1. The Hall–Kier alpha value is -2.24. The largest absolute Gasteiger partial charge is 0.506 e. The van der Waals surface area contributed by atoms with Crippen LogP contribution in [0.1, 0.15) is 48.9 Å². The summed E-state index contributed by atoms with van der Waals surface area (Å²) in [6.45, 7) is 2.51. The number of aromatic carboxylic acids is 1. The fourth-order valence-electron chi connectivity index (χ4n) is 6.77. The maximum absolute atomic E-state index is 13.5. The van der Waals surface area contributed by atoms with Gasteiger partial charge < -0.3 is 20.0 Å². The molecule has 1 heterocycles. The van der Waals surface area contributed by atoms with Crippen LogP contribution in [-0.4, -0.2) is 53.2 Å². The average Bonchev–Trinajstić information content (AvgIpc) is 2.67. The monoisotopic (exact) mass is 384 g/mol. The Labute approximate surface area is 165 Å². The predicted molar refractivity (Wildman–Crippen MR) is 104 cm³/mol. The van der Waals surface area contributed by atoms with Gasteiger partial charge in [0.05, 0.1) is 16.7 Å². The highest BCUT2D eigenvalue weighted by Gasteiger charge is 2.55. The van der Waals surface area contributed by atoms with Gasteiger partial charge in [-0.2, -0.15) is 0 Å². The number of hydrogen-bond donors (Lipinski definition) is 2. The highest BCUT2D eigenvalue weighted by Crippen LogP contribution is 2.60. The number of benzene rings is 1. The van der Waals surface area contributed by atoms with Crippen LogP contribution in [0.25, 0.3) is 0 Å². The van der Waals surface area contributed by atoms with E-state index in [0.717, 1.165) is 37.0 Å². The first-order chi connectivity index (χ1) is 13.4. The lowest BCUT2D eigenvalue weighted by molar-refractivity contribution is -0.158. The van der Waals surface area contributed by atoms with Gasteiger partial charge >= 0.3 is 5.97 Å². The molecule has 1 aromatic rings. The van der Waals surface area contributed by atoms with E-state index in [1.54, 1.807) is 0 Å². The fourth-order valence-corrected chi connectivity index (χ4v) is 6.77. The molecule has 0 atom stereocenters. The number of nitrogens with zero attached hydrogens (tertiary/aromatic N) is 2. The van der Waals surface area contributed by atoms with Crippen molar-refractivity contribution < 1.29 is 19.8 Å². The molecule has 5 aliphatic rings. The number of carbonyl (C=O) groups is 2. The molecule has 5 fully saturated rings. The molecule has 0 aromatic heterocycles. The quantitative estimate of drug-likeness (QED) is 0.837. The van der Waals surface area contributed by atoms with E-state index in [0.29, 0.717) is 37.8 Å². The first-order valence-corrected chi connectivity index (χ1v) is 10.5. The van der Waals surface area contributed by atoms with Crippen molar-refractivity contribution in [2.75, 3.05) is 31.1 Å². The topological polar surface area (TPSA) is 81.1 Å². The molecule has 0 radical (unpaired) electrons. The third kappa shape index (κ3) is 2.85. The summed E-state index contributed by atoms with van der Waals surface area (Å²) >= 11 is 0. The second-order valence-electron chi connectivity index (χ2n) is 9.49. The van der Waals surface area contributed by atoms with Crippen LogP contribution in [0.4, 0.5) is 5.69 Å². The highest BCUT2D eigenvalue weighted by atomic mass is 16.4. The van der Waals surface area contributed by atoms with Crippen LogP contribution in [0.3, 0.4) is 0 Å². The van der Waals surface area contributed by atoms with Gasteiger partial charge in [-0.1, -0.05) is 0 Å². The van der Waals surface area contributed by atoms with E-state index >= 15 is 0 Å². The first-order valence-electron chi connectivity index (χ1n) is 10.5. The van der Waals surface area contributed by atoms with Crippen LogP contribution in [0, 0.1) is 23.2 Å². The van der Waals surface area contributed by atoms with E-state index in [9.17, 15) is 19.8 Å². The van der Waals surface area contributed by atoms with Gasteiger partial charge in [-0.25, -0.2) is 4.79 Å². The summed E-state index contributed by atoms with van der Waals surface area (Å²) in [5.74, 6) is 1.71. The van der Waals surface area contributed by atoms with Crippen molar-refractivity contribution in [3.05, 3.63) is 23.8 Å². The van der Waals surface area contributed by atoms with E-state index in [-0.39, 0.29) is 16.7 Å². The SMILES string of the molecule is O=C(O)c1ccc(O)c(N2CCN(C(=O)C34CC5CC(CC(C5)C3)C4)CC2)c1. The minimum Gasteiger partial charge on any atom is -0.506 e. The van der Waals surface area contributed by atoms with E-state index < -0.39 is 5.97 Å². The third-order valence-electron chi connectivity index (χ3n) is 7.62. The highest BCUT2D eigenvalue weighted by molar-refractivity contribution is 5.89. The molecule has 0 unspecified atom stereocenters. The van der Waals surface area contributed by atoms with E-state index in [1.807, 2.05) is 9.80 Å². The van der Waals surface area contributed by atoms with Crippen molar-refractivity contribution in [2.24, 2.45) is 23.2 Å². The lowest BCUT2D eigenvalue weighted by Crippen LogP contribution is -2.58. The number of carbonyl (C=O) groups excluding carboxylic acids is 1. The number of carboxylic acids is 1. The summed E-state index contributed by atoms with van der Waals surface area (Å²) in [7, 11) is 0. The van der Waals surface area contributed by atoms with Crippen LogP contribution in [0.5, 0.6) is 5.75 Å². The Morgan fingerprint density at radius 2 is 1.50 bits per heavy atom. The van der Waals surface area contributed by atoms with Crippen molar-refractivity contribution in [1.82, 2.24) is 4.90 Å². The second-order valence-corrected chi connectivity index (χ2v) is 9.49. The molecule has 2 N–H and O–H groups in total. The number of amides is 1. The van der Waals surface area contributed by atoms with Crippen molar-refractivity contribution in [3.63, 3.8) is 0 Å². The summed E-state index contributed by atoms with van der Waals surface area (Å²) in [6, 6.07) is 4.37. The standard InChI is InChI=1S/C22H28N2O4/c25-19-2-1-17(20(26)27)10-18(19)23-3-5-24(6-4-23)21(28)22-11-14-7-15(12-22)9-16(8-14)13-22/h1-2,10,14-16,25H,3-9,11-13H2,(H,26,27). The van der Waals surface area contributed by atoms with Crippen molar-refractivity contribution in [3.8, 4) is 5.75 Å². The maximum atomic E-state index is 13.5. The molecule has 6 heteroatoms. The zero-order valence-corrected chi connectivity index (χ0v) is 16.1. The number of aromatic hydroxyl groups is 1. The van der Waals surface area contributed by atoms with Crippen molar-refractivity contribution in [2.45, 2.75) is 38.5 Å². The molecule has 1 saturated heterocycles. The molecule has 28 heavy (non-hydrogen) atoms. The molecule has 4 saturated carbocycles. The Kier molecular flexibility index (Phi) is 4.07. The Morgan fingerprint density at radius 3 is 2.04 bits per heavy atom. The molecule has 0 spiro atoms. The van der Waals surface area contributed by atoms with E-state index in [2.05, 4.69) is 0 Å². The third-order valence-corrected chi connectivity index (χ3v) is 7.62. The number of piperazine rings is 1. The smallest absolute Gasteiger partial charge is 0.335 e. The van der Waals surface area contributed by atoms with Gasteiger partial charge in [-0.05, 0) is 74.5 Å². The number of hydrogen-bond acceptors (Lipinski definition) is 4. The van der Waals surface area contributed by atoms with Gasteiger partial charge in [0.2, 0.25) is 5.91 Å². The molecule has 1 aliphatic heterocycles. The normalized spacial score (nSPS) is 33.9. The average molecular weight is 384 g/mol. The summed E-state index contributed by atoms with van der Waals surface area (Å²) in [4.78, 5) is 28.7.